The summed E-state index contributed by atoms with van der Waals surface area (Å²) < 4.78 is 5.00. The predicted octanol–water partition coefficient (Wildman–Crippen LogP) is 0.433. The number of methoxy groups -OCH3 is 1. The number of aromatic nitrogens is 1. The lowest BCUT2D eigenvalue weighted by molar-refractivity contribution is -0.122. The van der Waals surface area contributed by atoms with Gasteiger partial charge >= 0.3 is 0 Å². The zero-order valence-corrected chi connectivity index (χ0v) is 9.74. The number of nitrogens with zero attached hydrogens (tertiary/aromatic N) is 2. The molecule has 0 aromatic carbocycles. The number of hydrogen-bond donors (Lipinski definition) is 1. The van der Waals surface area contributed by atoms with E-state index in [1.54, 1.807) is 13.3 Å². The van der Waals surface area contributed by atoms with Crippen LogP contribution >= 0.6 is 12.4 Å². The largest absolute Gasteiger partial charge is 0.495 e. The number of nitrogens with two attached hydrogens (primary N) is 1. The number of carbonyl (C=O) groups excluding carboxylic acids is 1. The number of pyridine rings is 1. The van der Waals surface area contributed by atoms with Crippen LogP contribution in [0.5, 0.6) is 5.75 Å². The summed E-state index contributed by atoms with van der Waals surface area (Å²) in [6.45, 7) is 1.32. The van der Waals surface area contributed by atoms with Crippen LogP contribution in [0.1, 0.15) is 0 Å². The van der Waals surface area contributed by atoms with Crippen molar-refractivity contribution in [1.29, 1.82) is 0 Å². The Kier molecular flexibility index (Phi) is 3.95. The van der Waals surface area contributed by atoms with E-state index in [0.29, 0.717) is 13.1 Å². The molecule has 0 bridgehead atoms. The molecule has 0 spiro atoms. The van der Waals surface area contributed by atoms with Crippen molar-refractivity contribution in [1.82, 2.24) is 4.98 Å². The molecule has 0 unspecified atom stereocenters. The van der Waals surface area contributed by atoms with Gasteiger partial charge in [-0.1, -0.05) is 0 Å². The van der Waals surface area contributed by atoms with E-state index >= 15 is 0 Å². The van der Waals surface area contributed by atoms with E-state index in [2.05, 4.69) is 4.98 Å². The van der Waals surface area contributed by atoms with Gasteiger partial charge in [0.2, 0.25) is 5.91 Å². The molecule has 16 heavy (non-hydrogen) atoms. The average molecular weight is 244 g/mol. The first kappa shape index (κ1) is 12.6. The third-order valence-electron chi connectivity index (χ3n) is 2.56. The van der Waals surface area contributed by atoms with Crippen LogP contribution in [0, 0.1) is 5.92 Å². The minimum atomic E-state index is -0.236. The van der Waals surface area contributed by atoms with Gasteiger partial charge < -0.3 is 15.4 Å². The van der Waals surface area contributed by atoms with E-state index in [9.17, 15) is 4.79 Å². The molecule has 1 fully saturated rings. The van der Waals surface area contributed by atoms with Gasteiger partial charge in [-0.15, -0.1) is 12.4 Å². The summed E-state index contributed by atoms with van der Waals surface area (Å²) in [6.07, 6.45) is 1.66. The highest BCUT2D eigenvalue weighted by Crippen LogP contribution is 2.23. The van der Waals surface area contributed by atoms with Crippen LogP contribution in [0.15, 0.2) is 18.3 Å². The van der Waals surface area contributed by atoms with Gasteiger partial charge in [-0.2, -0.15) is 0 Å². The predicted molar refractivity (Wildman–Crippen MR) is 62.9 cm³/mol. The summed E-state index contributed by atoms with van der Waals surface area (Å²) in [7, 11) is 1.60. The number of rotatable bonds is 3. The Morgan fingerprint density at radius 3 is 2.69 bits per heavy atom. The van der Waals surface area contributed by atoms with Crippen molar-refractivity contribution in [2.75, 3.05) is 25.1 Å². The zero-order valence-electron chi connectivity index (χ0n) is 8.92. The fourth-order valence-corrected chi connectivity index (χ4v) is 1.53. The lowest BCUT2D eigenvalue weighted by Crippen LogP contribution is -2.52. The number of primary amides is 1. The second-order valence-electron chi connectivity index (χ2n) is 3.56. The second-order valence-corrected chi connectivity index (χ2v) is 3.56. The molecule has 5 nitrogen and oxygen atoms in total. The average Bonchev–Trinajstić information content (AvgIpc) is 2.16. The van der Waals surface area contributed by atoms with Crippen LogP contribution in [0.3, 0.4) is 0 Å². The third kappa shape index (κ3) is 2.36. The van der Waals surface area contributed by atoms with Crippen molar-refractivity contribution in [2.24, 2.45) is 11.7 Å². The summed E-state index contributed by atoms with van der Waals surface area (Å²) in [5, 5.41) is 0. The Morgan fingerprint density at radius 2 is 2.25 bits per heavy atom. The smallest absolute Gasteiger partial charge is 0.224 e. The summed E-state index contributed by atoms with van der Waals surface area (Å²) in [5.74, 6) is 1.31. The molecule has 0 aliphatic carbocycles. The first-order valence-corrected chi connectivity index (χ1v) is 4.75. The van der Waals surface area contributed by atoms with E-state index in [4.69, 9.17) is 10.5 Å². The summed E-state index contributed by atoms with van der Waals surface area (Å²) in [6, 6.07) is 3.72. The SMILES string of the molecule is COc1ccc(N2CC(C(N)=O)C2)nc1.Cl. The zero-order chi connectivity index (χ0) is 10.8. The molecule has 6 heteroatoms. The van der Waals surface area contributed by atoms with Crippen molar-refractivity contribution in [2.45, 2.75) is 0 Å². The fraction of sp³-hybridized carbons (Fsp3) is 0.400. The number of ether oxygens (including phenoxy) is 1. The molecule has 1 saturated heterocycles. The molecule has 2 N–H and O–H groups in total. The van der Waals surface area contributed by atoms with Crippen LogP contribution in [0.2, 0.25) is 0 Å². The van der Waals surface area contributed by atoms with Gasteiger partial charge in [0.15, 0.2) is 0 Å². The number of anilines is 1. The minimum Gasteiger partial charge on any atom is -0.495 e. The van der Waals surface area contributed by atoms with Crippen molar-refractivity contribution in [3.05, 3.63) is 18.3 Å². The maximum Gasteiger partial charge on any atom is 0.224 e. The summed E-state index contributed by atoms with van der Waals surface area (Å²) >= 11 is 0. The highest BCUT2D eigenvalue weighted by atomic mass is 35.5. The maximum absolute atomic E-state index is 10.8. The van der Waals surface area contributed by atoms with Crippen molar-refractivity contribution >= 4 is 24.1 Å². The molecular weight excluding hydrogens is 230 g/mol. The number of amides is 1. The molecule has 1 aliphatic rings. The van der Waals surface area contributed by atoms with E-state index in [-0.39, 0.29) is 24.2 Å². The van der Waals surface area contributed by atoms with Gasteiger partial charge in [-0.05, 0) is 12.1 Å². The molecule has 88 valence electrons. The molecule has 0 atom stereocenters. The molecule has 2 rings (SSSR count). The molecule has 1 aromatic heterocycles. The molecule has 2 heterocycles. The van der Waals surface area contributed by atoms with Crippen LogP contribution in [0.4, 0.5) is 5.82 Å². The van der Waals surface area contributed by atoms with Crippen LogP contribution in [-0.2, 0) is 4.79 Å². The standard InChI is InChI=1S/C10H13N3O2.ClH/c1-15-8-2-3-9(12-4-8)13-5-7(6-13)10(11)14;/h2-4,7H,5-6H2,1H3,(H2,11,14);1H. The molecule has 0 saturated carbocycles. The second kappa shape index (κ2) is 5.03. The number of carbonyl (C=O) groups is 1. The first-order chi connectivity index (χ1) is 7.20. The van der Waals surface area contributed by atoms with Crippen molar-refractivity contribution < 1.29 is 9.53 Å². The Balaban J connectivity index is 0.00000128. The summed E-state index contributed by atoms with van der Waals surface area (Å²) in [4.78, 5) is 17.0. The van der Waals surface area contributed by atoms with E-state index in [0.717, 1.165) is 11.6 Å². The highest BCUT2D eigenvalue weighted by molar-refractivity contribution is 5.85. The lowest BCUT2D eigenvalue weighted by atomic mass is 10.00. The number of halogens is 1. The Labute approximate surface area is 100.0 Å². The summed E-state index contributed by atoms with van der Waals surface area (Å²) in [5.41, 5.74) is 5.18. The quantitative estimate of drug-likeness (QED) is 0.836. The Bertz CT molecular complexity index is 363. The van der Waals surface area contributed by atoms with Crippen molar-refractivity contribution in [3.8, 4) is 5.75 Å². The topological polar surface area (TPSA) is 68.5 Å². The Morgan fingerprint density at radius 1 is 1.56 bits per heavy atom. The van der Waals surface area contributed by atoms with Gasteiger partial charge in [0.25, 0.3) is 0 Å². The molecule has 1 amide bonds. The van der Waals surface area contributed by atoms with Gasteiger partial charge in [-0.3, -0.25) is 4.79 Å². The van der Waals surface area contributed by atoms with E-state index in [1.807, 2.05) is 17.0 Å². The van der Waals surface area contributed by atoms with Crippen LogP contribution in [-0.4, -0.2) is 31.1 Å². The van der Waals surface area contributed by atoms with Gasteiger partial charge in [0.1, 0.15) is 11.6 Å². The van der Waals surface area contributed by atoms with Gasteiger partial charge in [0.05, 0.1) is 19.2 Å². The first-order valence-electron chi connectivity index (χ1n) is 4.75. The lowest BCUT2D eigenvalue weighted by Gasteiger charge is -2.38. The highest BCUT2D eigenvalue weighted by Gasteiger charge is 2.31. The van der Waals surface area contributed by atoms with E-state index < -0.39 is 0 Å². The van der Waals surface area contributed by atoms with Gasteiger partial charge in [0, 0.05) is 13.1 Å². The number of hydrogen-bond acceptors (Lipinski definition) is 4. The van der Waals surface area contributed by atoms with E-state index in [1.165, 1.54) is 0 Å². The Hall–Kier alpha value is -1.49. The van der Waals surface area contributed by atoms with Gasteiger partial charge in [-0.25, -0.2) is 4.98 Å². The maximum atomic E-state index is 10.8. The third-order valence-corrected chi connectivity index (χ3v) is 2.56. The minimum absolute atomic E-state index is 0. The normalized spacial score (nSPS) is 14.9. The monoisotopic (exact) mass is 243 g/mol. The van der Waals surface area contributed by atoms with Crippen molar-refractivity contribution in [3.63, 3.8) is 0 Å². The molecule has 0 radical (unpaired) electrons. The molecule has 1 aromatic rings. The van der Waals surface area contributed by atoms with Crippen LogP contribution in [0.25, 0.3) is 0 Å². The molecule has 1 aliphatic heterocycles. The fourth-order valence-electron chi connectivity index (χ4n) is 1.53. The molecular formula is C10H14ClN3O2. The van der Waals surface area contributed by atoms with Crippen LogP contribution < -0.4 is 15.4 Å².